The molecule has 0 unspecified atom stereocenters. The SMILES string of the molecule is Cc1cc(-c2cc3c(cc2F)C(=O)N([C@@H](CCC(=O)OC(C)(C)C)C(N)=O)C3)nc(N)c1C. The number of anilines is 1. The third kappa shape index (κ3) is 5.13. The number of carbonyl (C=O) groups is 3. The average Bonchev–Trinajstić information content (AvgIpc) is 2.99. The number of aryl methyl sites for hydroxylation is 1. The highest BCUT2D eigenvalue weighted by atomic mass is 19.1. The van der Waals surface area contributed by atoms with E-state index in [-0.39, 0.29) is 30.5 Å². The van der Waals surface area contributed by atoms with Crippen LogP contribution in [0.5, 0.6) is 0 Å². The molecule has 9 heteroatoms. The van der Waals surface area contributed by atoms with Gasteiger partial charge in [0, 0.05) is 24.1 Å². The molecular formula is C24H29FN4O4. The van der Waals surface area contributed by atoms with Crippen molar-refractivity contribution in [1.29, 1.82) is 0 Å². The summed E-state index contributed by atoms with van der Waals surface area (Å²) >= 11 is 0. The quantitative estimate of drug-likeness (QED) is 0.643. The van der Waals surface area contributed by atoms with Crippen LogP contribution in [0.15, 0.2) is 18.2 Å². The lowest BCUT2D eigenvalue weighted by Crippen LogP contribution is -2.45. The van der Waals surface area contributed by atoms with Crippen LogP contribution >= 0.6 is 0 Å². The van der Waals surface area contributed by atoms with Crippen molar-refractivity contribution in [2.24, 2.45) is 5.73 Å². The van der Waals surface area contributed by atoms with Crippen LogP contribution in [0.4, 0.5) is 10.2 Å². The monoisotopic (exact) mass is 456 g/mol. The van der Waals surface area contributed by atoms with Crippen LogP contribution in [0.1, 0.15) is 60.7 Å². The van der Waals surface area contributed by atoms with Gasteiger partial charge in [0.15, 0.2) is 0 Å². The Kier molecular flexibility index (Phi) is 6.44. The number of amides is 2. The number of nitrogen functional groups attached to an aromatic ring is 1. The van der Waals surface area contributed by atoms with Gasteiger partial charge in [0.1, 0.15) is 23.3 Å². The molecule has 0 radical (unpaired) electrons. The van der Waals surface area contributed by atoms with Gasteiger partial charge < -0.3 is 21.1 Å². The maximum atomic E-state index is 15.0. The van der Waals surface area contributed by atoms with Gasteiger partial charge in [-0.25, -0.2) is 9.37 Å². The van der Waals surface area contributed by atoms with Crippen molar-refractivity contribution in [1.82, 2.24) is 9.88 Å². The molecule has 2 heterocycles. The highest BCUT2D eigenvalue weighted by Gasteiger charge is 2.37. The molecule has 0 saturated heterocycles. The van der Waals surface area contributed by atoms with E-state index in [1.54, 1.807) is 32.9 Å². The van der Waals surface area contributed by atoms with Crippen LogP contribution in [-0.4, -0.2) is 39.3 Å². The largest absolute Gasteiger partial charge is 0.460 e. The minimum atomic E-state index is -1.03. The normalized spacial score (nSPS) is 14.2. The topological polar surface area (TPSA) is 129 Å². The highest BCUT2D eigenvalue weighted by Crippen LogP contribution is 2.33. The van der Waals surface area contributed by atoms with E-state index in [1.807, 2.05) is 13.8 Å². The Hall–Kier alpha value is -3.49. The van der Waals surface area contributed by atoms with Gasteiger partial charge in [-0.15, -0.1) is 0 Å². The molecule has 1 aliphatic rings. The zero-order chi connectivity index (χ0) is 24.7. The smallest absolute Gasteiger partial charge is 0.306 e. The first-order valence-electron chi connectivity index (χ1n) is 10.7. The van der Waals surface area contributed by atoms with Crippen LogP contribution < -0.4 is 11.5 Å². The summed E-state index contributed by atoms with van der Waals surface area (Å²) in [6.07, 6.45) is -0.0784. The molecule has 2 aromatic rings. The van der Waals surface area contributed by atoms with Gasteiger partial charge in [0.25, 0.3) is 5.91 Å². The molecule has 8 nitrogen and oxygen atoms in total. The molecule has 176 valence electrons. The Morgan fingerprint density at radius 2 is 1.88 bits per heavy atom. The minimum absolute atomic E-state index is 0.00849. The fraction of sp³-hybridized carbons (Fsp3) is 0.417. The molecule has 0 aliphatic carbocycles. The number of primary amides is 1. The van der Waals surface area contributed by atoms with E-state index in [9.17, 15) is 18.8 Å². The number of halogens is 1. The van der Waals surface area contributed by atoms with Crippen molar-refractivity contribution in [2.45, 2.75) is 65.6 Å². The van der Waals surface area contributed by atoms with Crippen LogP contribution in [0.2, 0.25) is 0 Å². The maximum Gasteiger partial charge on any atom is 0.306 e. The van der Waals surface area contributed by atoms with Crippen LogP contribution in [0.25, 0.3) is 11.3 Å². The number of hydrogen-bond acceptors (Lipinski definition) is 6. The van der Waals surface area contributed by atoms with E-state index < -0.39 is 35.2 Å². The van der Waals surface area contributed by atoms with Crippen LogP contribution in [-0.2, 0) is 20.9 Å². The predicted octanol–water partition coefficient (Wildman–Crippen LogP) is 3.02. The number of hydrogen-bond donors (Lipinski definition) is 2. The van der Waals surface area contributed by atoms with Gasteiger partial charge in [-0.3, -0.25) is 14.4 Å². The first kappa shape index (κ1) is 24.2. The molecule has 3 rings (SSSR count). The Labute approximate surface area is 192 Å². The van der Waals surface area contributed by atoms with E-state index in [0.717, 1.165) is 17.2 Å². The number of esters is 1. The lowest BCUT2D eigenvalue weighted by Gasteiger charge is -2.25. The molecular weight excluding hydrogens is 427 g/mol. The molecule has 0 bridgehead atoms. The number of fused-ring (bicyclic) bond motifs is 1. The zero-order valence-corrected chi connectivity index (χ0v) is 19.5. The fourth-order valence-electron chi connectivity index (χ4n) is 3.80. The molecule has 1 atom stereocenters. The second kappa shape index (κ2) is 8.80. The molecule has 33 heavy (non-hydrogen) atoms. The molecule has 1 aromatic carbocycles. The van der Waals surface area contributed by atoms with Gasteiger partial charge in [-0.2, -0.15) is 0 Å². The number of rotatable bonds is 6. The number of benzene rings is 1. The summed E-state index contributed by atoms with van der Waals surface area (Å²) in [5.74, 6) is -2.08. The summed E-state index contributed by atoms with van der Waals surface area (Å²) in [5, 5.41) is 0. The number of carbonyl (C=O) groups excluding carboxylic acids is 3. The van der Waals surface area contributed by atoms with E-state index in [4.69, 9.17) is 16.2 Å². The first-order chi connectivity index (χ1) is 15.3. The number of nitrogens with zero attached hydrogens (tertiary/aromatic N) is 2. The third-order valence-corrected chi connectivity index (χ3v) is 5.62. The molecule has 1 aromatic heterocycles. The number of ether oxygens (including phenoxy) is 1. The minimum Gasteiger partial charge on any atom is -0.460 e. The molecule has 0 fully saturated rings. The third-order valence-electron chi connectivity index (χ3n) is 5.62. The number of nitrogens with two attached hydrogens (primary N) is 2. The fourth-order valence-corrected chi connectivity index (χ4v) is 3.80. The van der Waals surface area contributed by atoms with Crippen molar-refractivity contribution in [3.05, 3.63) is 46.3 Å². The molecule has 1 aliphatic heterocycles. The summed E-state index contributed by atoms with van der Waals surface area (Å²) in [5.41, 5.74) is 13.8. The van der Waals surface area contributed by atoms with Crippen LogP contribution in [0, 0.1) is 19.7 Å². The Morgan fingerprint density at radius 1 is 1.21 bits per heavy atom. The van der Waals surface area contributed by atoms with Gasteiger partial charge in [0.05, 0.1) is 5.69 Å². The molecule has 4 N–H and O–H groups in total. The lowest BCUT2D eigenvalue weighted by molar-refractivity contribution is -0.155. The summed E-state index contributed by atoms with van der Waals surface area (Å²) in [7, 11) is 0. The van der Waals surface area contributed by atoms with Crippen molar-refractivity contribution >= 4 is 23.6 Å². The first-order valence-corrected chi connectivity index (χ1v) is 10.7. The summed E-state index contributed by atoms with van der Waals surface area (Å²) in [6.45, 7) is 8.96. The lowest BCUT2D eigenvalue weighted by atomic mass is 10.0. The molecule has 0 saturated carbocycles. The Morgan fingerprint density at radius 3 is 2.45 bits per heavy atom. The average molecular weight is 457 g/mol. The van der Waals surface area contributed by atoms with Gasteiger partial charge in [-0.05, 0) is 75.9 Å². The summed E-state index contributed by atoms with van der Waals surface area (Å²) in [4.78, 5) is 42.7. The molecule has 0 spiro atoms. The van der Waals surface area contributed by atoms with Gasteiger partial charge in [0.2, 0.25) is 5.91 Å². The number of aromatic nitrogens is 1. The molecule has 2 amide bonds. The Bertz CT molecular complexity index is 1120. The van der Waals surface area contributed by atoms with E-state index >= 15 is 0 Å². The van der Waals surface area contributed by atoms with E-state index in [1.165, 1.54) is 4.90 Å². The van der Waals surface area contributed by atoms with Gasteiger partial charge >= 0.3 is 5.97 Å². The van der Waals surface area contributed by atoms with Crippen molar-refractivity contribution in [2.75, 3.05) is 5.73 Å². The zero-order valence-electron chi connectivity index (χ0n) is 19.5. The summed E-state index contributed by atoms with van der Waals surface area (Å²) in [6, 6.07) is 3.40. The van der Waals surface area contributed by atoms with E-state index in [2.05, 4.69) is 4.98 Å². The van der Waals surface area contributed by atoms with Crippen molar-refractivity contribution < 1.29 is 23.5 Å². The maximum absolute atomic E-state index is 15.0. The van der Waals surface area contributed by atoms with Crippen molar-refractivity contribution in [3.8, 4) is 11.3 Å². The second-order valence-electron chi connectivity index (χ2n) is 9.30. The Balaban J connectivity index is 1.87. The van der Waals surface area contributed by atoms with E-state index in [0.29, 0.717) is 17.1 Å². The predicted molar refractivity (Wildman–Crippen MR) is 121 cm³/mol. The summed E-state index contributed by atoms with van der Waals surface area (Å²) < 4.78 is 20.2. The van der Waals surface area contributed by atoms with Crippen LogP contribution in [0.3, 0.4) is 0 Å². The standard InChI is InChI=1S/C24H29FN4O4/c1-12-8-18(28-21(26)13(12)2)16-9-14-11-29(23(32)15(14)10-17(16)25)19(22(27)31)6-7-20(30)33-24(3,4)5/h8-10,19H,6-7,11H2,1-5H3,(H2,26,28)(H2,27,31)/t19-/m0/s1. The second-order valence-corrected chi connectivity index (χ2v) is 9.30. The van der Waals surface area contributed by atoms with Gasteiger partial charge in [-0.1, -0.05) is 0 Å². The number of pyridine rings is 1. The highest BCUT2D eigenvalue weighted by molar-refractivity contribution is 6.01. The van der Waals surface area contributed by atoms with Crippen molar-refractivity contribution in [3.63, 3.8) is 0 Å².